The summed E-state index contributed by atoms with van der Waals surface area (Å²) in [6.07, 6.45) is -0.962. The third kappa shape index (κ3) is 4.49. The van der Waals surface area contributed by atoms with Gasteiger partial charge in [0.2, 0.25) is 0 Å². The largest absolute Gasteiger partial charge is 0.479 e. The molecule has 1 aliphatic rings. The van der Waals surface area contributed by atoms with Crippen LogP contribution in [0.5, 0.6) is 5.75 Å². The first-order valence-corrected chi connectivity index (χ1v) is 9.21. The monoisotopic (exact) mass is 378 g/mol. The van der Waals surface area contributed by atoms with Crippen LogP contribution in [-0.4, -0.2) is 35.5 Å². The second kappa shape index (κ2) is 8.57. The van der Waals surface area contributed by atoms with E-state index in [0.29, 0.717) is 24.4 Å². The maximum Gasteiger partial charge on any atom is 0.347 e. The minimum absolute atomic E-state index is 0.214. The van der Waals surface area contributed by atoms with Gasteiger partial charge in [0, 0.05) is 13.1 Å². The second-order valence-corrected chi connectivity index (χ2v) is 6.75. The molecule has 3 rings (SSSR count). The number of nitriles is 1. The van der Waals surface area contributed by atoms with Gasteiger partial charge < -0.3 is 14.4 Å². The van der Waals surface area contributed by atoms with Gasteiger partial charge in [0.15, 0.2) is 12.2 Å². The third-order valence-electron chi connectivity index (χ3n) is 4.71. The Morgan fingerprint density at radius 2 is 1.71 bits per heavy atom. The van der Waals surface area contributed by atoms with E-state index in [1.165, 1.54) is 5.56 Å². The van der Waals surface area contributed by atoms with Crippen molar-refractivity contribution in [1.29, 1.82) is 5.26 Å². The Bertz CT molecular complexity index is 901. The van der Waals surface area contributed by atoms with Crippen molar-refractivity contribution in [3.63, 3.8) is 0 Å². The standard InChI is InChI=1S/C22H22N2O4/c1-15(21(25)24-12-11-18-5-3-4-6-19(18)14-24)28-22(26)16(2)27-20-9-7-17(13-23)8-10-20/h3-10,15-16H,11-12,14H2,1-2H3/t15-,16-/m0/s1. The first-order valence-electron chi connectivity index (χ1n) is 9.21. The third-order valence-corrected chi connectivity index (χ3v) is 4.71. The van der Waals surface area contributed by atoms with Crippen LogP contribution in [0.4, 0.5) is 0 Å². The van der Waals surface area contributed by atoms with Gasteiger partial charge in [-0.1, -0.05) is 24.3 Å². The quantitative estimate of drug-likeness (QED) is 0.748. The molecule has 2 aromatic carbocycles. The highest BCUT2D eigenvalue weighted by molar-refractivity contribution is 5.84. The number of ether oxygens (including phenoxy) is 2. The normalized spacial score (nSPS) is 15.0. The topological polar surface area (TPSA) is 79.6 Å². The minimum atomic E-state index is -0.884. The van der Waals surface area contributed by atoms with Gasteiger partial charge in [-0.15, -0.1) is 0 Å². The molecule has 0 unspecified atom stereocenters. The molecule has 0 saturated heterocycles. The summed E-state index contributed by atoms with van der Waals surface area (Å²) in [7, 11) is 0. The van der Waals surface area contributed by atoms with Gasteiger partial charge in [-0.05, 0) is 55.7 Å². The molecule has 0 bridgehead atoms. The van der Waals surface area contributed by atoms with Crippen LogP contribution in [0, 0.1) is 11.3 Å². The molecular weight excluding hydrogens is 356 g/mol. The van der Waals surface area contributed by atoms with Crippen molar-refractivity contribution in [3.05, 3.63) is 65.2 Å². The first-order chi connectivity index (χ1) is 13.5. The molecule has 1 amide bonds. The lowest BCUT2D eigenvalue weighted by molar-refractivity contribution is -0.164. The molecule has 6 heteroatoms. The molecule has 28 heavy (non-hydrogen) atoms. The van der Waals surface area contributed by atoms with Gasteiger partial charge in [0.1, 0.15) is 5.75 Å². The van der Waals surface area contributed by atoms with E-state index in [1.807, 2.05) is 24.3 Å². The molecule has 0 radical (unpaired) electrons. The summed E-state index contributed by atoms with van der Waals surface area (Å²) in [6, 6.07) is 16.5. The van der Waals surface area contributed by atoms with Gasteiger partial charge in [-0.2, -0.15) is 5.26 Å². The predicted molar refractivity (Wildman–Crippen MR) is 102 cm³/mol. The molecule has 0 N–H and O–H groups in total. The van der Waals surface area contributed by atoms with Crippen molar-refractivity contribution >= 4 is 11.9 Å². The number of carbonyl (C=O) groups excluding carboxylic acids is 2. The highest BCUT2D eigenvalue weighted by Crippen LogP contribution is 2.20. The lowest BCUT2D eigenvalue weighted by atomic mass is 9.99. The fourth-order valence-electron chi connectivity index (χ4n) is 3.12. The molecule has 6 nitrogen and oxygen atoms in total. The minimum Gasteiger partial charge on any atom is -0.479 e. The molecule has 1 heterocycles. The Morgan fingerprint density at radius 3 is 2.39 bits per heavy atom. The van der Waals surface area contributed by atoms with Crippen LogP contribution in [0.3, 0.4) is 0 Å². The maximum atomic E-state index is 12.7. The van der Waals surface area contributed by atoms with Crippen LogP contribution in [0.25, 0.3) is 0 Å². The molecule has 0 aliphatic carbocycles. The van der Waals surface area contributed by atoms with E-state index in [-0.39, 0.29) is 5.91 Å². The van der Waals surface area contributed by atoms with E-state index in [4.69, 9.17) is 14.7 Å². The van der Waals surface area contributed by atoms with Crippen LogP contribution in [0.2, 0.25) is 0 Å². The smallest absolute Gasteiger partial charge is 0.347 e. The van der Waals surface area contributed by atoms with Gasteiger partial charge in [-0.25, -0.2) is 4.79 Å². The average Bonchev–Trinajstić information content (AvgIpc) is 2.73. The average molecular weight is 378 g/mol. The summed E-state index contributed by atoms with van der Waals surface area (Å²) < 4.78 is 10.9. The molecule has 0 saturated carbocycles. The molecule has 0 spiro atoms. The van der Waals surface area contributed by atoms with E-state index < -0.39 is 18.2 Å². The Balaban J connectivity index is 1.54. The number of fused-ring (bicyclic) bond motifs is 1. The number of esters is 1. The lowest BCUT2D eigenvalue weighted by Crippen LogP contribution is -2.43. The zero-order valence-electron chi connectivity index (χ0n) is 15.9. The molecule has 1 aliphatic heterocycles. The van der Waals surface area contributed by atoms with Gasteiger partial charge in [0.05, 0.1) is 11.6 Å². The summed E-state index contributed by atoms with van der Waals surface area (Å²) in [4.78, 5) is 26.7. The number of nitrogens with zero attached hydrogens (tertiary/aromatic N) is 2. The van der Waals surface area contributed by atoms with Crippen molar-refractivity contribution in [1.82, 2.24) is 4.90 Å². The zero-order valence-corrected chi connectivity index (χ0v) is 15.9. The van der Waals surface area contributed by atoms with E-state index in [0.717, 1.165) is 12.0 Å². The summed E-state index contributed by atoms with van der Waals surface area (Å²) in [5.41, 5.74) is 2.88. The van der Waals surface area contributed by atoms with Crippen molar-refractivity contribution in [2.45, 2.75) is 39.0 Å². The number of carbonyl (C=O) groups is 2. The maximum absolute atomic E-state index is 12.7. The van der Waals surface area contributed by atoms with Crippen molar-refractivity contribution in [2.75, 3.05) is 6.54 Å². The second-order valence-electron chi connectivity index (χ2n) is 6.75. The highest BCUT2D eigenvalue weighted by atomic mass is 16.6. The molecule has 2 atom stereocenters. The lowest BCUT2D eigenvalue weighted by Gasteiger charge is -2.30. The molecule has 0 aromatic heterocycles. The Hall–Kier alpha value is -3.33. The van der Waals surface area contributed by atoms with Crippen LogP contribution in [0.1, 0.15) is 30.5 Å². The van der Waals surface area contributed by atoms with Gasteiger partial charge >= 0.3 is 5.97 Å². The summed E-state index contributed by atoms with van der Waals surface area (Å²) >= 11 is 0. The molecule has 0 fully saturated rings. The van der Waals surface area contributed by atoms with Crippen molar-refractivity contribution in [2.24, 2.45) is 0 Å². The first kappa shape index (κ1) is 19.4. The van der Waals surface area contributed by atoms with Crippen molar-refractivity contribution < 1.29 is 19.1 Å². The van der Waals surface area contributed by atoms with Gasteiger partial charge in [0.25, 0.3) is 5.91 Å². The number of amides is 1. The number of hydrogen-bond donors (Lipinski definition) is 0. The molecular formula is C22H22N2O4. The van der Waals surface area contributed by atoms with E-state index in [1.54, 1.807) is 43.0 Å². The van der Waals surface area contributed by atoms with E-state index >= 15 is 0 Å². The van der Waals surface area contributed by atoms with Crippen LogP contribution in [0.15, 0.2) is 48.5 Å². The van der Waals surface area contributed by atoms with Crippen molar-refractivity contribution in [3.8, 4) is 11.8 Å². The Labute approximate surface area is 164 Å². The fraction of sp³-hybridized carbons (Fsp3) is 0.318. The molecule has 144 valence electrons. The van der Waals surface area contributed by atoms with Crippen LogP contribution < -0.4 is 4.74 Å². The summed E-state index contributed by atoms with van der Waals surface area (Å²) in [5, 5.41) is 8.81. The number of hydrogen-bond acceptors (Lipinski definition) is 5. The number of rotatable bonds is 5. The Morgan fingerprint density at radius 1 is 1.04 bits per heavy atom. The Kier molecular flexibility index (Phi) is 5.95. The van der Waals surface area contributed by atoms with E-state index in [2.05, 4.69) is 6.07 Å². The summed E-state index contributed by atoms with van der Waals surface area (Å²) in [6.45, 7) is 4.27. The predicted octanol–water partition coefficient (Wildman–Crippen LogP) is 2.84. The summed E-state index contributed by atoms with van der Waals surface area (Å²) in [5.74, 6) is -0.369. The van der Waals surface area contributed by atoms with Crippen LogP contribution >= 0.6 is 0 Å². The zero-order chi connectivity index (χ0) is 20.1. The highest BCUT2D eigenvalue weighted by Gasteiger charge is 2.28. The fourth-order valence-corrected chi connectivity index (χ4v) is 3.12. The van der Waals surface area contributed by atoms with Gasteiger partial charge in [-0.3, -0.25) is 4.79 Å². The van der Waals surface area contributed by atoms with Crippen LogP contribution in [-0.2, 0) is 27.3 Å². The molecule has 2 aromatic rings. The van der Waals surface area contributed by atoms with E-state index in [9.17, 15) is 9.59 Å². The SMILES string of the molecule is C[C@H](Oc1ccc(C#N)cc1)C(=O)O[C@@H](C)C(=O)N1CCc2ccccc2C1. The number of benzene rings is 2.